The number of ether oxygens (including phenoxy) is 1. The summed E-state index contributed by atoms with van der Waals surface area (Å²) in [6, 6.07) is 2.03. The highest BCUT2D eigenvalue weighted by molar-refractivity contribution is 4.97. The van der Waals surface area contributed by atoms with Crippen molar-refractivity contribution in [2.24, 2.45) is 7.05 Å². The van der Waals surface area contributed by atoms with Crippen LogP contribution >= 0.6 is 0 Å². The molecule has 0 bridgehead atoms. The average Bonchev–Trinajstić information content (AvgIpc) is 2.68. The molecule has 1 N–H and O–H groups in total. The Morgan fingerprint density at radius 1 is 1.38 bits per heavy atom. The second-order valence-corrected chi connectivity index (χ2v) is 3.98. The smallest absolute Gasteiger partial charge is 0.0762 e. The third kappa shape index (κ3) is 5.88. The molecule has 1 aromatic heterocycles. The standard InChI is InChI=1S/C12H23N3O/c1-3-4-9-16-10-5-7-13-11-12-6-8-15(2)14-12/h6,8,13H,3-5,7,9-11H2,1-2H3. The van der Waals surface area contributed by atoms with Gasteiger partial charge in [0.15, 0.2) is 0 Å². The molecular weight excluding hydrogens is 202 g/mol. The third-order valence-electron chi connectivity index (χ3n) is 2.36. The molecule has 0 fully saturated rings. The SMILES string of the molecule is CCCCOCCCNCc1ccn(C)n1. The van der Waals surface area contributed by atoms with Gasteiger partial charge in [0, 0.05) is 33.0 Å². The van der Waals surface area contributed by atoms with Crippen LogP contribution in [0.4, 0.5) is 0 Å². The van der Waals surface area contributed by atoms with Crippen LogP contribution in [0.15, 0.2) is 12.3 Å². The van der Waals surface area contributed by atoms with Crippen LogP contribution in [0.1, 0.15) is 31.9 Å². The van der Waals surface area contributed by atoms with Crippen LogP contribution in [0.5, 0.6) is 0 Å². The van der Waals surface area contributed by atoms with E-state index >= 15 is 0 Å². The molecule has 0 unspecified atom stereocenters. The molecular formula is C12H23N3O. The number of aryl methyl sites for hydroxylation is 1. The number of aromatic nitrogens is 2. The molecule has 16 heavy (non-hydrogen) atoms. The number of rotatable bonds is 9. The van der Waals surface area contributed by atoms with Crippen LogP contribution in [-0.2, 0) is 18.3 Å². The van der Waals surface area contributed by atoms with Crippen LogP contribution in [0.25, 0.3) is 0 Å². The second-order valence-electron chi connectivity index (χ2n) is 3.98. The summed E-state index contributed by atoms with van der Waals surface area (Å²) in [5.41, 5.74) is 1.09. The zero-order valence-corrected chi connectivity index (χ0v) is 10.4. The maximum Gasteiger partial charge on any atom is 0.0762 e. The Balaban J connectivity index is 1.88. The Morgan fingerprint density at radius 2 is 2.19 bits per heavy atom. The first-order valence-corrected chi connectivity index (χ1v) is 6.10. The highest BCUT2D eigenvalue weighted by Crippen LogP contribution is 1.93. The second kappa shape index (κ2) is 8.30. The van der Waals surface area contributed by atoms with Gasteiger partial charge < -0.3 is 10.1 Å². The summed E-state index contributed by atoms with van der Waals surface area (Å²) in [5.74, 6) is 0. The predicted molar refractivity (Wildman–Crippen MR) is 65.3 cm³/mol. The van der Waals surface area contributed by atoms with Gasteiger partial charge in [-0.2, -0.15) is 5.10 Å². The fraction of sp³-hybridized carbons (Fsp3) is 0.750. The zero-order valence-electron chi connectivity index (χ0n) is 10.4. The lowest BCUT2D eigenvalue weighted by Crippen LogP contribution is -2.17. The van der Waals surface area contributed by atoms with Gasteiger partial charge in [-0.05, 0) is 25.5 Å². The lowest BCUT2D eigenvalue weighted by atomic mass is 10.3. The highest BCUT2D eigenvalue weighted by Gasteiger charge is 1.95. The summed E-state index contributed by atoms with van der Waals surface area (Å²) in [4.78, 5) is 0. The largest absolute Gasteiger partial charge is 0.381 e. The minimum absolute atomic E-state index is 0.843. The summed E-state index contributed by atoms with van der Waals surface area (Å²) < 4.78 is 7.29. The van der Waals surface area contributed by atoms with Crippen molar-refractivity contribution in [2.75, 3.05) is 19.8 Å². The van der Waals surface area contributed by atoms with E-state index in [4.69, 9.17) is 4.74 Å². The molecule has 4 heteroatoms. The maximum atomic E-state index is 5.47. The number of nitrogens with zero attached hydrogens (tertiary/aromatic N) is 2. The minimum atomic E-state index is 0.843. The Morgan fingerprint density at radius 3 is 2.88 bits per heavy atom. The molecule has 1 heterocycles. The molecule has 0 aliphatic rings. The quantitative estimate of drug-likeness (QED) is 0.650. The van der Waals surface area contributed by atoms with Crippen molar-refractivity contribution in [1.29, 1.82) is 0 Å². The van der Waals surface area contributed by atoms with Gasteiger partial charge in [0.25, 0.3) is 0 Å². The van der Waals surface area contributed by atoms with Gasteiger partial charge in [-0.3, -0.25) is 4.68 Å². The van der Waals surface area contributed by atoms with E-state index in [-0.39, 0.29) is 0 Å². The molecule has 1 rings (SSSR count). The van der Waals surface area contributed by atoms with Gasteiger partial charge in [-0.25, -0.2) is 0 Å². The summed E-state index contributed by atoms with van der Waals surface area (Å²) >= 11 is 0. The van der Waals surface area contributed by atoms with E-state index in [1.54, 1.807) is 0 Å². The summed E-state index contributed by atoms with van der Waals surface area (Å²) in [6.45, 7) is 5.77. The van der Waals surface area contributed by atoms with Crippen molar-refractivity contribution >= 4 is 0 Å². The molecule has 0 radical (unpaired) electrons. The number of unbranched alkanes of at least 4 members (excludes halogenated alkanes) is 1. The molecule has 4 nitrogen and oxygen atoms in total. The van der Waals surface area contributed by atoms with Crippen LogP contribution in [-0.4, -0.2) is 29.5 Å². The van der Waals surface area contributed by atoms with Gasteiger partial charge in [-0.1, -0.05) is 13.3 Å². The molecule has 0 aromatic carbocycles. The van der Waals surface area contributed by atoms with E-state index in [0.29, 0.717) is 0 Å². The Hall–Kier alpha value is -0.870. The first-order chi connectivity index (χ1) is 7.83. The van der Waals surface area contributed by atoms with E-state index in [1.807, 2.05) is 24.0 Å². The van der Waals surface area contributed by atoms with Crippen molar-refractivity contribution in [3.05, 3.63) is 18.0 Å². The Kier molecular flexibility index (Phi) is 6.85. The molecule has 0 atom stereocenters. The van der Waals surface area contributed by atoms with E-state index in [2.05, 4.69) is 17.3 Å². The van der Waals surface area contributed by atoms with Crippen LogP contribution in [0.2, 0.25) is 0 Å². The minimum Gasteiger partial charge on any atom is -0.381 e. The Labute approximate surface area is 98.0 Å². The number of nitrogens with one attached hydrogen (secondary N) is 1. The molecule has 0 spiro atoms. The van der Waals surface area contributed by atoms with Crippen molar-refractivity contribution < 1.29 is 4.74 Å². The first-order valence-electron chi connectivity index (χ1n) is 6.10. The summed E-state index contributed by atoms with van der Waals surface area (Å²) in [6.07, 6.45) is 5.40. The molecule has 0 aliphatic carbocycles. The fourth-order valence-corrected chi connectivity index (χ4v) is 1.42. The predicted octanol–water partition coefficient (Wildman–Crippen LogP) is 1.72. The molecule has 0 saturated heterocycles. The monoisotopic (exact) mass is 225 g/mol. The van der Waals surface area contributed by atoms with E-state index in [0.717, 1.165) is 38.4 Å². The average molecular weight is 225 g/mol. The maximum absolute atomic E-state index is 5.47. The Bertz CT molecular complexity index is 273. The normalized spacial score (nSPS) is 10.9. The number of hydrogen-bond acceptors (Lipinski definition) is 3. The molecule has 0 saturated carbocycles. The third-order valence-corrected chi connectivity index (χ3v) is 2.36. The summed E-state index contributed by atoms with van der Waals surface area (Å²) in [5, 5.41) is 7.64. The fourth-order valence-electron chi connectivity index (χ4n) is 1.42. The van der Waals surface area contributed by atoms with Crippen molar-refractivity contribution in [3.63, 3.8) is 0 Å². The van der Waals surface area contributed by atoms with Gasteiger partial charge >= 0.3 is 0 Å². The molecule has 92 valence electrons. The van der Waals surface area contributed by atoms with Gasteiger partial charge in [0.1, 0.15) is 0 Å². The van der Waals surface area contributed by atoms with Gasteiger partial charge in [0.05, 0.1) is 5.69 Å². The van der Waals surface area contributed by atoms with Crippen LogP contribution < -0.4 is 5.32 Å². The van der Waals surface area contributed by atoms with Gasteiger partial charge in [-0.15, -0.1) is 0 Å². The van der Waals surface area contributed by atoms with Crippen molar-refractivity contribution in [1.82, 2.24) is 15.1 Å². The van der Waals surface area contributed by atoms with Gasteiger partial charge in [0.2, 0.25) is 0 Å². The first kappa shape index (κ1) is 13.2. The van der Waals surface area contributed by atoms with E-state index in [1.165, 1.54) is 12.8 Å². The lowest BCUT2D eigenvalue weighted by molar-refractivity contribution is 0.128. The van der Waals surface area contributed by atoms with Crippen LogP contribution in [0.3, 0.4) is 0 Å². The van der Waals surface area contributed by atoms with E-state index in [9.17, 15) is 0 Å². The lowest BCUT2D eigenvalue weighted by Gasteiger charge is -2.04. The molecule has 0 aliphatic heterocycles. The van der Waals surface area contributed by atoms with Crippen molar-refractivity contribution in [3.8, 4) is 0 Å². The highest BCUT2D eigenvalue weighted by atomic mass is 16.5. The van der Waals surface area contributed by atoms with E-state index < -0.39 is 0 Å². The van der Waals surface area contributed by atoms with Crippen molar-refractivity contribution in [2.45, 2.75) is 32.7 Å². The summed E-state index contributed by atoms with van der Waals surface area (Å²) in [7, 11) is 1.94. The topological polar surface area (TPSA) is 39.1 Å². The zero-order chi connectivity index (χ0) is 11.6. The number of hydrogen-bond donors (Lipinski definition) is 1. The molecule has 0 amide bonds. The van der Waals surface area contributed by atoms with Crippen LogP contribution in [0, 0.1) is 0 Å². The molecule has 1 aromatic rings.